The molecule has 0 N–H and O–H groups in total. The number of hydrogen-bond donors (Lipinski definition) is 0. The molecule has 4 heterocycles. The maximum atomic E-state index is 6.31. The molecule has 5 heteroatoms. The van der Waals surface area contributed by atoms with Gasteiger partial charge in [-0.05, 0) is 42.5 Å². The van der Waals surface area contributed by atoms with Crippen LogP contribution in [-0.4, -0.2) is 14.5 Å². The first-order valence-corrected chi connectivity index (χ1v) is 15.8. The second-order valence-corrected chi connectivity index (χ2v) is 12.4. The highest BCUT2D eigenvalue weighted by molar-refractivity contribution is 7.25. The molecule has 0 saturated carbocycles. The molecular weight excluding hydrogens is 571 g/mol. The van der Waals surface area contributed by atoms with Gasteiger partial charge in [0, 0.05) is 48.1 Å². The number of benzene rings is 6. The van der Waals surface area contributed by atoms with Gasteiger partial charge in [0.2, 0.25) is 0 Å². The van der Waals surface area contributed by atoms with Gasteiger partial charge < -0.3 is 8.98 Å². The van der Waals surface area contributed by atoms with Gasteiger partial charge in [-0.15, -0.1) is 11.3 Å². The molecule has 10 rings (SSSR count). The second-order valence-electron chi connectivity index (χ2n) is 11.4. The van der Waals surface area contributed by atoms with Crippen molar-refractivity contribution in [2.24, 2.45) is 0 Å². The summed E-state index contributed by atoms with van der Waals surface area (Å²) in [6.07, 6.45) is 0. The van der Waals surface area contributed by atoms with E-state index in [0.29, 0.717) is 5.82 Å². The molecule has 0 bridgehead atoms. The minimum atomic E-state index is 0.712. The lowest BCUT2D eigenvalue weighted by molar-refractivity contribution is 0.669. The number of furan rings is 1. The molecule has 6 aromatic carbocycles. The third-order valence-corrected chi connectivity index (χ3v) is 9.91. The molecule has 10 aromatic rings. The van der Waals surface area contributed by atoms with E-state index in [1.165, 1.54) is 15.5 Å². The quantitative estimate of drug-likeness (QED) is 0.205. The van der Waals surface area contributed by atoms with Crippen molar-refractivity contribution in [1.29, 1.82) is 0 Å². The Morgan fingerprint density at radius 2 is 1.27 bits per heavy atom. The monoisotopic (exact) mass is 593 g/mol. The molecule has 0 aliphatic carbocycles. The Morgan fingerprint density at radius 1 is 0.533 bits per heavy atom. The molecule has 0 aliphatic heterocycles. The number of thiophene rings is 1. The van der Waals surface area contributed by atoms with Crippen molar-refractivity contribution in [1.82, 2.24) is 14.5 Å². The highest BCUT2D eigenvalue weighted by Gasteiger charge is 2.21. The van der Waals surface area contributed by atoms with Gasteiger partial charge in [0.15, 0.2) is 5.82 Å². The third-order valence-electron chi connectivity index (χ3n) is 8.84. The van der Waals surface area contributed by atoms with Gasteiger partial charge in [-0.2, -0.15) is 0 Å². The van der Waals surface area contributed by atoms with Gasteiger partial charge in [-0.3, -0.25) is 0 Å². The Kier molecular flexibility index (Phi) is 5.12. The molecule has 4 nitrogen and oxygen atoms in total. The molecule has 0 radical (unpaired) electrons. The first kappa shape index (κ1) is 24.6. The molecule has 0 aliphatic rings. The lowest BCUT2D eigenvalue weighted by atomic mass is 10.1. The van der Waals surface area contributed by atoms with Gasteiger partial charge in [0.25, 0.3) is 0 Å². The van der Waals surface area contributed by atoms with Crippen LogP contribution in [0.25, 0.3) is 92.4 Å². The molecule has 210 valence electrons. The van der Waals surface area contributed by atoms with Crippen LogP contribution in [0.5, 0.6) is 0 Å². The van der Waals surface area contributed by atoms with E-state index >= 15 is 0 Å². The number of rotatable bonds is 3. The van der Waals surface area contributed by atoms with Crippen molar-refractivity contribution >= 4 is 75.4 Å². The van der Waals surface area contributed by atoms with Crippen LogP contribution >= 0.6 is 11.3 Å². The zero-order chi connectivity index (χ0) is 29.5. The van der Waals surface area contributed by atoms with E-state index in [0.717, 1.165) is 71.1 Å². The van der Waals surface area contributed by atoms with Crippen molar-refractivity contribution in [3.63, 3.8) is 0 Å². The van der Waals surface area contributed by atoms with Crippen molar-refractivity contribution in [3.8, 4) is 28.3 Å². The summed E-state index contributed by atoms with van der Waals surface area (Å²) in [5, 5.41) is 6.84. The van der Waals surface area contributed by atoms with Gasteiger partial charge >= 0.3 is 0 Å². The number of para-hydroxylation sites is 3. The van der Waals surface area contributed by atoms with Crippen LogP contribution in [0, 0.1) is 0 Å². The summed E-state index contributed by atoms with van der Waals surface area (Å²) >= 11 is 1.72. The molecule has 0 fully saturated rings. The largest absolute Gasteiger partial charge is 0.456 e. The van der Waals surface area contributed by atoms with Crippen LogP contribution in [0.1, 0.15) is 0 Å². The van der Waals surface area contributed by atoms with Crippen LogP contribution in [0.4, 0.5) is 0 Å². The maximum absolute atomic E-state index is 6.31. The highest BCUT2D eigenvalue weighted by atomic mass is 32.1. The SMILES string of the molecule is c1ccc(-c2nc(-c3ccccc3-n3c4ccccc4c4cc5oc6ccccc6c5cc43)nc3sc4ccccc4c23)cc1. The lowest BCUT2D eigenvalue weighted by Crippen LogP contribution is -2.00. The van der Waals surface area contributed by atoms with Crippen molar-refractivity contribution in [2.75, 3.05) is 0 Å². The summed E-state index contributed by atoms with van der Waals surface area (Å²) in [5.74, 6) is 0.712. The van der Waals surface area contributed by atoms with E-state index in [4.69, 9.17) is 14.4 Å². The molecule has 0 amide bonds. The smallest absolute Gasteiger partial charge is 0.163 e. The Bertz CT molecular complexity index is 2770. The Labute approximate surface area is 261 Å². The third kappa shape index (κ3) is 3.59. The van der Waals surface area contributed by atoms with Gasteiger partial charge in [0.1, 0.15) is 16.0 Å². The van der Waals surface area contributed by atoms with E-state index in [1.54, 1.807) is 11.3 Å². The number of nitrogens with zero attached hydrogens (tertiary/aromatic N) is 3. The molecule has 0 unspecified atom stereocenters. The van der Waals surface area contributed by atoms with Crippen molar-refractivity contribution in [3.05, 3.63) is 140 Å². The van der Waals surface area contributed by atoms with E-state index < -0.39 is 0 Å². The molecule has 0 saturated heterocycles. The molecule has 4 aromatic heterocycles. The molecule has 0 spiro atoms. The Morgan fingerprint density at radius 3 is 2.18 bits per heavy atom. The fourth-order valence-corrected chi connectivity index (χ4v) is 7.93. The van der Waals surface area contributed by atoms with E-state index in [-0.39, 0.29) is 0 Å². The summed E-state index contributed by atoms with van der Waals surface area (Å²) in [6.45, 7) is 0. The normalized spacial score (nSPS) is 12.0. The summed E-state index contributed by atoms with van der Waals surface area (Å²) in [5.41, 5.74) is 8.09. The van der Waals surface area contributed by atoms with E-state index in [2.05, 4.69) is 126 Å². The van der Waals surface area contributed by atoms with Gasteiger partial charge in [-0.25, -0.2) is 9.97 Å². The summed E-state index contributed by atoms with van der Waals surface area (Å²) < 4.78 is 9.88. The Balaban J connectivity index is 1.30. The molecular formula is C40H23N3OS. The fraction of sp³-hybridized carbons (Fsp3) is 0. The minimum Gasteiger partial charge on any atom is -0.456 e. The lowest BCUT2D eigenvalue weighted by Gasteiger charge is -2.14. The summed E-state index contributed by atoms with van der Waals surface area (Å²) in [4.78, 5) is 11.6. The van der Waals surface area contributed by atoms with Crippen molar-refractivity contribution in [2.45, 2.75) is 0 Å². The topological polar surface area (TPSA) is 43.9 Å². The standard InChI is InChI=1S/C40H23N3OS/c1-2-12-24(13-3-1)38-37-28-17-7-11-21-36(28)45-40(37)42-39(41-38)27-16-5-9-19-32(27)43-31-18-8-4-14-25(31)29-23-35-30(22-33(29)43)26-15-6-10-20-34(26)44-35/h1-23H. The van der Waals surface area contributed by atoms with Crippen LogP contribution < -0.4 is 0 Å². The molecule has 45 heavy (non-hydrogen) atoms. The van der Waals surface area contributed by atoms with Crippen LogP contribution in [-0.2, 0) is 0 Å². The highest BCUT2D eigenvalue weighted by Crippen LogP contribution is 2.42. The van der Waals surface area contributed by atoms with E-state index in [9.17, 15) is 0 Å². The summed E-state index contributed by atoms with van der Waals surface area (Å²) in [7, 11) is 0. The number of fused-ring (bicyclic) bond motifs is 9. The average molecular weight is 594 g/mol. The second kappa shape index (κ2) is 9.36. The van der Waals surface area contributed by atoms with Crippen LogP contribution in [0.3, 0.4) is 0 Å². The van der Waals surface area contributed by atoms with E-state index in [1.807, 2.05) is 18.2 Å². The predicted octanol–water partition coefficient (Wildman–Crippen LogP) is 11.2. The first-order chi connectivity index (χ1) is 22.3. The zero-order valence-electron chi connectivity index (χ0n) is 23.9. The fourth-order valence-electron chi connectivity index (χ4n) is 6.85. The van der Waals surface area contributed by atoms with Crippen molar-refractivity contribution < 1.29 is 4.42 Å². The molecule has 0 atom stereocenters. The zero-order valence-corrected chi connectivity index (χ0v) is 24.8. The maximum Gasteiger partial charge on any atom is 0.163 e. The first-order valence-electron chi connectivity index (χ1n) is 15.0. The minimum absolute atomic E-state index is 0.712. The van der Waals surface area contributed by atoms with Gasteiger partial charge in [0.05, 0.1) is 22.4 Å². The Hall–Kier alpha value is -5.78. The summed E-state index contributed by atoms with van der Waals surface area (Å²) in [6, 6.07) is 48.8. The number of aromatic nitrogens is 3. The van der Waals surface area contributed by atoms with Crippen LogP contribution in [0.2, 0.25) is 0 Å². The predicted molar refractivity (Wildman–Crippen MR) is 187 cm³/mol. The average Bonchev–Trinajstić information content (AvgIpc) is 3.76. The van der Waals surface area contributed by atoms with Crippen LogP contribution in [0.15, 0.2) is 144 Å². The number of hydrogen-bond acceptors (Lipinski definition) is 4. The van der Waals surface area contributed by atoms with Gasteiger partial charge in [-0.1, -0.05) is 97.1 Å².